The molecule has 40 heavy (non-hydrogen) atoms. The first-order valence-electron chi connectivity index (χ1n) is 13.9. The van der Waals surface area contributed by atoms with Crippen LogP contribution in [0.25, 0.3) is 0 Å². The van der Waals surface area contributed by atoms with Crippen molar-refractivity contribution in [2.45, 2.75) is 51.7 Å². The molecule has 8 heteroatoms. The van der Waals surface area contributed by atoms with Gasteiger partial charge in [-0.15, -0.1) is 0 Å². The van der Waals surface area contributed by atoms with Crippen LogP contribution in [0, 0.1) is 10.8 Å². The molecule has 3 aromatic carbocycles. The SMILES string of the molecule is CC(C)(CCOC(C)(C)CCOCC[PH](c1ccccc1)(c1ccccc1)c1ccccc1)NC(=N)NC(=N)N. The van der Waals surface area contributed by atoms with Gasteiger partial charge in [-0.25, -0.2) is 0 Å². The Balaban J connectivity index is 1.59. The molecule has 0 aromatic heterocycles. The van der Waals surface area contributed by atoms with Gasteiger partial charge in [-0.2, -0.15) is 0 Å². The molecule has 0 aliphatic rings. The van der Waals surface area contributed by atoms with Crippen LogP contribution in [0.4, 0.5) is 0 Å². The molecule has 0 heterocycles. The first-order valence-corrected chi connectivity index (χ1v) is 16.1. The van der Waals surface area contributed by atoms with Crippen LogP contribution < -0.4 is 32.3 Å². The number of hydrogen-bond acceptors (Lipinski definition) is 4. The molecule has 0 aliphatic heterocycles. The number of nitrogens with one attached hydrogen (secondary N) is 4. The Morgan fingerprint density at radius 3 is 1.65 bits per heavy atom. The Bertz CT molecular complexity index is 1110. The summed E-state index contributed by atoms with van der Waals surface area (Å²) in [5.74, 6) is -0.256. The molecule has 3 rings (SSSR count). The average molecular weight is 564 g/mol. The summed E-state index contributed by atoms with van der Waals surface area (Å²) in [5, 5.41) is 24.8. The predicted octanol–water partition coefficient (Wildman–Crippen LogP) is 4.09. The molecule has 7 nitrogen and oxygen atoms in total. The molecule has 0 spiro atoms. The number of rotatable bonds is 14. The zero-order valence-electron chi connectivity index (χ0n) is 24.3. The van der Waals surface area contributed by atoms with Gasteiger partial charge in [-0.05, 0) is 0 Å². The van der Waals surface area contributed by atoms with E-state index in [0.29, 0.717) is 26.2 Å². The first kappa shape index (κ1) is 31.3. The minimum atomic E-state index is -2.29. The van der Waals surface area contributed by atoms with Crippen molar-refractivity contribution in [1.29, 1.82) is 10.8 Å². The maximum absolute atomic E-state index is 7.87. The third kappa shape index (κ3) is 9.16. The van der Waals surface area contributed by atoms with Gasteiger partial charge < -0.3 is 5.73 Å². The van der Waals surface area contributed by atoms with Crippen molar-refractivity contribution < 1.29 is 9.47 Å². The molecule has 0 atom stereocenters. The summed E-state index contributed by atoms with van der Waals surface area (Å²) in [5.41, 5.74) is 4.59. The molecule has 0 unspecified atom stereocenters. The average Bonchev–Trinajstić information content (AvgIpc) is 2.91. The fraction of sp³-hybridized carbons (Fsp3) is 0.375. The van der Waals surface area contributed by atoms with Gasteiger partial charge in [-0.3, -0.25) is 16.1 Å². The third-order valence-corrected chi connectivity index (χ3v) is 12.1. The van der Waals surface area contributed by atoms with Crippen LogP contribution >= 0.6 is 7.26 Å². The molecule has 0 fully saturated rings. The summed E-state index contributed by atoms with van der Waals surface area (Å²) in [4.78, 5) is 0. The number of ether oxygens (including phenoxy) is 2. The van der Waals surface area contributed by atoms with Crippen LogP contribution in [0.15, 0.2) is 91.0 Å². The van der Waals surface area contributed by atoms with E-state index in [1.165, 1.54) is 15.9 Å². The van der Waals surface area contributed by atoms with Gasteiger partial charge in [0, 0.05) is 0 Å². The molecule has 6 N–H and O–H groups in total. The van der Waals surface area contributed by atoms with Crippen molar-refractivity contribution in [1.82, 2.24) is 10.6 Å². The van der Waals surface area contributed by atoms with Crippen molar-refractivity contribution in [3.8, 4) is 0 Å². The van der Waals surface area contributed by atoms with E-state index in [1.54, 1.807) is 0 Å². The van der Waals surface area contributed by atoms with E-state index < -0.39 is 7.26 Å². The van der Waals surface area contributed by atoms with Crippen molar-refractivity contribution in [3.05, 3.63) is 91.0 Å². The van der Waals surface area contributed by atoms with Crippen molar-refractivity contribution in [2.75, 3.05) is 26.0 Å². The molecule has 216 valence electrons. The topological polar surface area (TPSA) is 116 Å². The Morgan fingerprint density at radius 2 is 1.20 bits per heavy atom. The summed E-state index contributed by atoms with van der Waals surface area (Å²) >= 11 is 0. The van der Waals surface area contributed by atoms with Crippen LogP contribution in [-0.4, -0.2) is 49.0 Å². The fourth-order valence-electron chi connectivity index (χ4n) is 4.97. The molecule has 0 saturated heterocycles. The van der Waals surface area contributed by atoms with Gasteiger partial charge in [-0.1, -0.05) is 0 Å². The summed E-state index contributed by atoms with van der Waals surface area (Å²) in [6.45, 7) is 9.98. The van der Waals surface area contributed by atoms with E-state index in [-0.39, 0.29) is 23.1 Å². The van der Waals surface area contributed by atoms with Crippen molar-refractivity contribution in [3.63, 3.8) is 0 Å². The smallest absolute Gasteiger partial charge is 0.370 e. The van der Waals surface area contributed by atoms with Gasteiger partial charge in [0.2, 0.25) is 0 Å². The standard InChI is InChI=1S/C32H46N5O2P/c1-31(2,37-30(35)36-29(33)34)20-23-39-32(3,4)21-22-38-24-25-40(26-14-8-5-9-15-26,27-16-10-6-11-17-27)28-18-12-7-13-19-28/h5-19,40H,20-25H2,1-4H3,(H6,33,34,35,36,37). The molecule has 0 radical (unpaired) electrons. The van der Waals surface area contributed by atoms with Gasteiger partial charge >= 0.3 is 213 Å². The Kier molecular flexibility index (Phi) is 11.3. The van der Waals surface area contributed by atoms with Gasteiger partial charge in [0.15, 0.2) is 5.96 Å². The van der Waals surface area contributed by atoms with Crippen LogP contribution in [-0.2, 0) is 9.47 Å². The quantitative estimate of drug-likeness (QED) is 0.0877. The molecule has 3 aromatic rings. The summed E-state index contributed by atoms with van der Waals surface area (Å²) < 4.78 is 12.5. The fourth-order valence-corrected chi connectivity index (χ4v) is 9.57. The van der Waals surface area contributed by atoms with E-state index in [1.807, 2.05) is 13.8 Å². The van der Waals surface area contributed by atoms with E-state index >= 15 is 0 Å². The zero-order valence-corrected chi connectivity index (χ0v) is 25.3. The molecular weight excluding hydrogens is 517 g/mol. The van der Waals surface area contributed by atoms with Gasteiger partial charge in [0.05, 0.1) is 0 Å². The second kappa shape index (κ2) is 14.4. The first-order chi connectivity index (χ1) is 19.0. The number of guanidine groups is 2. The van der Waals surface area contributed by atoms with E-state index in [4.69, 9.17) is 26.0 Å². The van der Waals surface area contributed by atoms with Crippen molar-refractivity contribution in [2.24, 2.45) is 5.73 Å². The van der Waals surface area contributed by atoms with Crippen molar-refractivity contribution >= 4 is 35.1 Å². The van der Waals surface area contributed by atoms with Crippen LogP contribution in [0.3, 0.4) is 0 Å². The molecule has 0 saturated carbocycles. The monoisotopic (exact) mass is 563 g/mol. The molecule has 0 amide bonds. The third-order valence-electron chi connectivity index (χ3n) is 7.21. The number of nitrogens with two attached hydrogens (primary N) is 1. The summed E-state index contributed by atoms with van der Waals surface area (Å²) in [7, 11) is -2.29. The zero-order chi connectivity index (χ0) is 29.1. The predicted molar refractivity (Wildman–Crippen MR) is 171 cm³/mol. The van der Waals surface area contributed by atoms with E-state index in [9.17, 15) is 0 Å². The normalized spacial score (nSPS) is 12.5. The second-order valence-corrected chi connectivity index (χ2v) is 15.4. The Labute approximate surface area is 240 Å². The molecule has 0 aliphatic carbocycles. The second-order valence-electron chi connectivity index (χ2n) is 11.4. The number of hydrogen-bond donors (Lipinski definition) is 5. The van der Waals surface area contributed by atoms with E-state index in [2.05, 4.69) is 115 Å². The minimum absolute atomic E-state index is 0.00583. The molecule has 0 bridgehead atoms. The Morgan fingerprint density at radius 1 is 0.725 bits per heavy atom. The maximum atomic E-state index is 7.87. The summed E-state index contributed by atoms with van der Waals surface area (Å²) in [6.07, 6.45) is 2.42. The summed E-state index contributed by atoms with van der Waals surface area (Å²) in [6, 6.07) is 32.8. The van der Waals surface area contributed by atoms with Gasteiger partial charge in [0.1, 0.15) is 0 Å². The van der Waals surface area contributed by atoms with Crippen LogP contribution in [0.2, 0.25) is 0 Å². The van der Waals surface area contributed by atoms with Crippen LogP contribution in [0.1, 0.15) is 40.5 Å². The van der Waals surface area contributed by atoms with Crippen LogP contribution in [0.5, 0.6) is 0 Å². The van der Waals surface area contributed by atoms with Gasteiger partial charge in [0.25, 0.3) is 0 Å². The Hall–Kier alpha value is -3.25. The minimum Gasteiger partial charge on any atom is -0.370 e. The van der Waals surface area contributed by atoms with E-state index in [0.717, 1.165) is 12.6 Å². The number of benzene rings is 3. The molecular formula is C32H46N5O2P.